The van der Waals surface area contributed by atoms with Crippen molar-refractivity contribution in [3.05, 3.63) is 48.5 Å². The molecule has 0 radical (unpaired) electrons. The molecule has 0 bridgehead atoms. The fourth-order valence-corrected chi connectivity index (χ4v) is 4.37. The Morgan fingerprint density at radius 2 is 1.14 bits per heavy atom. The molecule has 0 aromatic heterocycles. The van der Waals surface area contributed by atoms with Crippen LogP contribution in [0, 0.1) is 0 Å². The molecule has 66 valence electrons. The van der Waals surface area contributed by atoms with Crippen molar-refractivity contribution in [1.29, 1.82) is 0 Å². The van der Waals surface area contributed by atoms with Crippen LogP contribution in [0.2, 0.25) is 0 Å². The third kappa shape index (κ3) is 1.00. The van der Waals surface area contributed by atoms with Crippen molar-refractivity contribution < 1.29 is 0 Å². The molecule has 0 atom stereocenters. The van der Waals surface area contributed by atoms with Crippen molar-refractivity contribution in [2.45, 2.75) is 0 Å². The molecule has 0 saturated heterocycles. The number of hydrogen-bond acceptors (Lipinski definition) is 1. The van der Waals surface area contributed by atoms with Gasteiger partial charge in [0.05, 0.1) is 0 Å². The maximum absolute atomic E-state index is 5.58. The Balaban J connectivity index is 2.42. The summed E-state index contributed by atoms with van der Waals surface area (Å²) in [4.78, 5) is 0. The first-order valence-corrected chi connectivity index (χ1v) is 6.89. The minimum Gasteiger partial charge on any atom is -0.0613 e. The largest absolute Gasteiger partial charge is 0.251 e. The fraction of sp³-hybridized carbons (Fsp3) is 0. The molecule has 1 aliphatic heterocycles. The van der Waals surface area contributed by atoms with Gasteiger partial charge in [-0.25, -0.2) is 0 Å². The van der Waals surface area contributed by atoms with Gasteiger partial charge in [0.25, 0.3) is 6.70 Å². The lowest BCUT2D eigenvalue weighted by Crippen LogP contribution is -1.96. The lowest BCUT2D eigenvalue weighted by Gasteiger charge is -1.92. The van der Waals surface area contributed by atoms with Crippen molar-refractivity contribution in [1.82, 2.24) is 0 Å². The highest BCUT2D eigenvalue weighted by Crippen LogP contribution is 2.36. The van der Waals surface area contributed by atoms with Crippen LogP contribution < -0.4 is 10.6 Å². The van der Waals surface area contributed by atoms with Gasteiger partial charge in [0, 0.05) is 11.1 Å². The van der Waals surface area contributed by atoms with Gasteiger partial charge in [0.15, 0.2) is 22.4 Å². The van der Waals surface area contributed by atoms with E-state index >= 15 is 0 Å². The zero-order valence-corrected chi connectivity index (χ0v) is 9.19. The van der Waals surface area contributed by atoms with Crippen LogP contribution in [0.1, 0.15) is 0 Å². The third-order valence-corrected chi connectivity index (χ3v) is 5.37. The quantitative estimate of drug-likeness (QED) is 0.519. The van der Waals surface area contributed by atoms with Gasteiger partial charge in [-0.3, -0.25) is 0 Å². The van der Waals surface area contributed by atoms with Gasteiger partial charge in [0.2, 0.25) is 0 Å². The predicted molar refractivity (Wildman–Crippen MR) is 65.4 cm³/mol. The van der Waals surface area contributed by atoms with Crippen molar-refractivity contribution >= 4 is 29.1 Å². The first kappa shape index (κ1) is 8.28. The Morgan fingerprint density at radius 3 is 1.64 bits per heavy atom. The molecular weight excluding hydrogens is 207 g/mol. The molecule has 0 aliphatic carbocycles. The van der Waals surface area contributed by atoms with E-state index in [1.807, 2.05) is 0 Å². The molecule has 1 heterocycles. The van der Waals surface area contributed by atoms with Crippen molar-refractivity contribution in [3.63, 3.8) is 0 Å². The van der Waals surface area contributed by atoms with Gasteiger partial charge in [-0.1, -0.05) is 24.3 Å². The zero-order valence-electron chi connectivity index (χ0n) is 7.47. The van der Waals surface area contributed by atoms with Gasteiger partial charge < -0.3 is 0 Å². The predicted octanol–water partition coefficient (Wildman–Crippen LogP) is 2.56. The highest BCUT2D eigenvalue weighted by atomic mass is 32.4. The van der Waals surface area contributed by atoms with E-state index in [0.717, 1.165) is 0 Å². The maximum Gasteiger partial charge on any atom is 0.251 e. The van der Waals surface area contributed by atoms with Crippen molar-refractivity contribution in [3.8, 4) is 11.1 Å². The Morgan fingerprint density at radius 1 is 0.714 bits per heavy atom. The summed E-state index contributed by atoms with van der Waals surface area (Å²) in [5.74, 6) is 0. The molecule has 0 unspecified atom stereocenters. The van der Waals surface area contributed by atoms with E-state index < -0.39 is 6.70 Å². The normalized spacial score (nSPS) is 12.4. The van der Waals surface area contributed by atoms with Gasteiger partial charge in [0.1, 0.15) is 0 Å². The summed E-state index contributed by atoms with van der Waals surface area (Å²) in [6.45, 7) is -0.513. The molecule has 0 amide bonds. The number of hydrogen-bond donors (Lipinski definition) is 0. The van der Waals surface area contributed by atoms with Crippen LogP contribution in [-0.2, 0) is 11.8 Å². The number of benzene rings is 2. The van der Waals surface area contributed by atoms with E-state index in [-0.39, 0.29) is 0 Å². The molecule has 3 rings (SSSR count). The average Bonchev–Trinajstić information content (AvgIpc) is 2.55. The van der Waals surface area contributed by atoms with E-state index in [0.29, 0.717) is 0 Å². The van der Waals surface area contributed by atoms with Crippen LogP contribution in [0.3, 0.4) is 0 Å². The van der Waals surface area contributed by atoms with Crippen LogP contribution in [0.15, 0.2) is 48.5 Å². The molecule has 0 saturated carbocycles. The minimum atomic E-state index is -0.513. The first-order chi connectivity index (χ1) is 6.88. The lowest BCUT2D eigenvalue weighted by molar-refractivity contribution is 1.71. The summed E-state index contributed by atoms with van der Waals surface area (Å²) in [6.07, 6.45) is 0. The van der Waals surface area contributed by atoms with Gasteiger partial charge in [-0.05, 0) is 24.3 Å². The molecule has 2 heteroatoms. The maximum atomic E-state index is 5.58. The highest BCUT2D eigenvalue weighted by molar-refractivity contribution is 8.12. The standard InChI is InChI=1S/C12H8PS/c14-13-11-7-3-1-5-9(11)10-6-2-4-8-12(10)13/h1-8H/q+1. The van der Waals surface area contributed by atoms with Crippen LogP contribution in [0.5, 0.6) is 0 Å². The van der Waals surface area contributed by atoms with Crippen LogP contribution >= 0.6 is 6.70 Å². The molecule has 0 spiro atoms. The molecule has 0 fully saturated rings. The summed E-state index contributed by atoms with van der Waals surface area (Å²) in [7, 11) is 0. The Hall–Kier alpha value is -1.04. The van der Waals surface area contributed by atoms with E-state index in [2.05, 4.69) is 48.5 Å². The first-order valence-electron chi connectivity index (χ1n) is 4.53. The summed E-state index contributed by atoms with van der Waals surface area (Å²) < 4.78 is 0. The summed E-state index contributed by atoms with van der Waals surface area (Å²) in [5.41, 5.74) is 2.67. The third-order valence-electron chi connectivity index (χ3n) is 2.54. The number of fused-ring (bicyclic) bond motifs is 3. The van der Waals surface area contributed by atoms with Crippen LogP contribution in [-0.4, -0.2) is 0 Å². The monoisotopic (exact) mass is 215 g/mol. The van der Waals surface area contributed by atoms with Gasteiger partial charge >= 0.3 is 0 Å². The van der Waals surface area contributed by atoms with Crippen LogP contribution in [0.4, 0.5) is 0 Å². The SMILES string of the molecule is S=[P+]1c2ccccc2-c2ccccc21. The molecular formula is C12H8PS+. The average molecular weight is 215 g/mol. The Bertz CT molecular complexity index is 484. The summed E-state index contributed by atoms with van der Waals surface area (Å²) in [6, 6.07) is 17.0. The summed E-state index contributed by atoms with van der Waals surface area (Å²) >= 11 is 5.58. The smallest absolute Gasteiger partial charge is 0.0613 e. The molecule has 14 heavy (non-hydrogen) atoms. The second-order valence-electron chi connectivity index (χ2n) is 3.33. The van der Waals surface area contributed by atoms with Crippen LogP contribution in [0.25, 0.3) is 11.1 Å². The fourth-order valence-electron chi connectivity index (χ4n) is 1.89. The van der Waals surface area contributed by atoms with E-state index in [1.165, 1.54) is 21.7 Å². The molecule has 0 N–H and O–H groups in total. The van der Waals surface area contributed by atoms with E-state index in [4.69, 9.17) is 11.8 Å². The Labute approximate surface area is 89.0 Å². The van der Waals surface area contributed by atoms with Crippen molar-refractivity contribution in [2.24, 2.45) is 0 Å². The van der Waals surface area contributed by atoms with E-state index in [1.54, 1.807) is 0 Å². The van der Waals surface area contributed by atoms with Crippen molar-refractivity contribution in [2.75, 3.05) is 0 Å². The Kier molecular flexibility index (Phi) is 1.76. The van der Waals surface area contributed by atoms with E-state index in [9.17, 15) is 0 Å². The summed E-state index contributed by atoms with van der Waals surface area (Å²) in [5, 5.41) is 2.69. The molecule has 2 aromatic rings. The topological polar surface area (TPSA) is 0 Å². The molecule has 1 aliphatic rings. The zero-order chi connectivity index (χ0) is 9.54. The minimum absolute atomic E-state index is 0.513. The highest BCUT2D eigenvalue weighted by Gasteiger charge is 2.33. The molecule has 0 nitrogen and oxygen atoms in total. The lowest BCUT2D eigenvalue weighted by atomic mass is 10.1. The second-order valence-corrected chi connectivity index (χ2v) is 5.98. The van der Waals surface area contributed by atoms with Gasteiger partial charge in [-0.2, -0.15) is 0 Å². The van der Waals surface area contributed by atoms with Gasteiger partial charge in [-0.15, -0.1) is 0 Å². The second kappa shape index (κ2) is 2.98. The molecule has 2 aromatic carbocycles. The number of rotatable bonds is 0.